The Morgan fingerprint density at radius 3 is 2.50 bits per heavy atom. The maximum Gasteiger partial charge on any atom is 0.329 e. The van der Waals surface area contributed by atoms with E-state index in [0.717, 1.165) is 5.56 Å². The van der Waals surface area contributed by atoms with E-state index in [0.29, 0.717) is 21.8 Å². The van der Waals surface area contributed by atoms with Gasteiger partial charge in [-0.15, -0.1) is 0 Å². The first-order chi connectivity index (χ1) is 12.5. The number of esters is 1. The molecule has 0 radical (unpaired) electrons. The van der Waals surface area contributed by atoms with Gasteiger partial charge in [0.05, 0.1) is 24.2 Å². The SMILES string of the molecule is COC(=O)C(C#N)c1nc2ccccc2nc1Oc1ccc(Cl)cc1C. The molecule has 6 nitrogen and oxygen atoms in total. The molecule has 0 N–H and O–H groups in total. The molecule has 0 saturated carbocycles. The molecule has 3 aromatic rings. The number of hydrogen-bond acceptors (Lipinski definition) is 6. The van der Waals surface area contributed by atoms with Gasteiger partial charge < -0.3 is 9.47 Å². The monoisotopic (exact) mass is 367 g/mol. The predicted octanol–water partition coefficient (Wildman–Crippen LogP) is 4.16. The summed E-state index contributed by atoms with van der Waals surface area (Å²) in [4.78, 5) is 20.9. The summed E-state index contributed by atoms with van der Waals surface area (Å²) in [6.07, 6.45) is 0. The summed E-state index contributed by atoms with van der Waals surface area (Å²) in [5.74, 6) is -1.40. The second-order valence-corrected chi connectivity index (χ2v) is 5.94. The van der Waals surface area contributed by atoms with Crippen LogP contribution >= 0.6 is 11.6 Å². The molecule has 2 aromatic carbocycles. The highest BCUT2D eigenvalue weighted by Crippen LogP contribution is 2.32. The number of methoxy groups -OCH3 is 1. The van der Waals surface area contributed by atoms with Gasteiger partial charge in [-0.05, 0) is 42.8 Å². The summed E-state index contributed by atoms with van der Waals surface area (Å²) in [6.45, 7) is 1.83. The van der Waals surface area contributed by atoms with Gasteiger partial charge in [-0.3, -0.25) is 4.79 Å². The van der Waals surface area contributed by atoms with Gasteiger partial charge in [0.15, 0.2) is 5.92 Å². The Morgan fingerprint density at radius 1 is 1.19 bits per heavy atom. The summed E-state index contributed by atoms with van der Waals surface area (Å²) in [5, 5.41) is 10.0. The van der Waals surface area contributed by atoms with Crippen LogP contribution in [0.15, 0.2) is 42.5 Å². The molecule has 0 saturated heterocycles. The van der Waals surface area contributed by atoms with Crippen LogP contribution < -0.4 is 4.74 Å². The molecule has 0 aliphatic carbocycles. The largest absolute Gasteiger partial charge is 0.468 e. The number of nitriles is 1. The van der Waals surface area contributed by atoms with E-state index >= 15 is 0 Å². The van der Waals surface area contributed by atoms with E-state index in [1.54, 1.807) is 36.4 Å². The number of fused-ring (bicyclic) bond motifs is 1. The highest BCUT2D eigenvalue weighted by atomic mass is 35.5. The lowest BCUT2D eigenvalue weighted by Crippen LogP contribution is -2.15. The third kappa shape index (κ3) is 3.44. The minimum Gasteiger partial charge on any atom is -0.468 e. The first kappa shape index (κ1) is 17.6. The van der Waals surface area contributed by atoms with Gasteiger partial charge in [0.1, 0.15) is 11.4 Å². The van der Waals surface area contributed by atoms with E-state index in [1.165, 1.54) is 7.11 Å². The van der Waals surface area contributed by atoms with E-state index < -0.39 is 11.9 Å². The molecule has 0 aliphatic heterocycles. The van der Waals surface area contributed by atoms with Gasteiger partial charge >= 0.3 is 5.97 Å². The molecule has 3 rings (SSSR count). The van der Waals surface area contributed by atoms with E-state index in [2.05, 4.69) is 9.97 Å². The van der Waals surface area contributed by atoms with Crippen molar-refractivity contribution >= 4 is 28.6 Å². The topological polar surface area (TPSA) is 85.1 Å². The summed E-state index contributed by atoms with van der Waals surface area (Å²) >= 11 is 5.97. The summed E-state index contributed by atoms with van der Waals surface area (Å²) < 4.78 is 10.6. The van der Waals surface area contributed by atoms with Crippen molar-refractivity contribution in [1.29, 1.82) is 5.26 Å². The van der Waals surface area contributed by atoms with Crippen molar-refractivity contribution in [2.45, 2.75) is 12.8 Å². The van der Waals surface area contributed by atoms with Crippen LogP contribution in [0.25, 0.3) is 11.0 Å². The number of rotatable bonds is 4. The molecule has 1 unspecified atom stereocenters. The Balaban J connectivity index is 2.16. The average molecular weight is 368 g/mol. The maximum absolute atomic E-state index is 12.0. The molecule has 0 bridgehead atoms. The van der Waals surface area contributed by atoms with Crippen molar-refractivity contribution in [2.24, 2.45) is 0 Å². The Hall–Kier alpha value is -3.17. The molecule has 7 heteroatoms. The van der Waals surface area contributed by atoms with E-state index in [-0.39, 0.29) is 11.6 Å². The van der Waals surface area contributed by atoms with Crippen LogP contribution in [0, 0.1) is 18.3 Å². The first-order valence-corrected chi connectivity index (χ1v) is 8.09. The van der Waals surface area contributed by atoms with E-state index in [4.69, 9.17) is 21.1 Å². The second-order valence-electron chi connectivity index (χ2n) is 5.50. The number of aromatic nitrogens is 2. The number of carbonyl (C=O) groups is 1. The minimum absolute atomic E-state index is 0.0751. The van der Waals surface area contributed by atoms with Crippen LogP contribution in [0.5, 0.6) is 11.6 Å². The number of benzene rings is 2. The lowest BCUT2D eigenvalue weighted by Gasteiger charge is -2.14. The van der Waals surface area contributed by atoms with Gasteiger partial charge in [0.2, 0.25) is 5.88 Å². The summed E-state index contributed by atoms with van der Waals surface area (Å²) in [6, 6.07) is 14.1. The number of ether oxygens (including phenoxy) is 2. The van der Waals surface area contributed by atoms with Crippen molar-refractivity contribution in [3.05, 3.63) is 58.7 Å². The zero-order valence-corrected chi connectivity index (χ0v) is 14.8. The van der Waals surface area contributed by atoms with E-state index in [1.807, 2.05) is 19.1 Å². The lowest BCUT2D eigenvalue weighted by atomic mass is 10.1. The summed E-state index contributed by atoms with van der Waals surface area (Å²) in [5.41, 5.74) is 2.02. The van der Waals surface area contributed by atoms with Crippen molar-refractivity contribution in [3.63, 3.8) is 0 Å². The fraction of sp³-hybridized carbons (Fsp3) is 0.158. The van der Waals surface area contributed by atoms with Gasteiger partial charge in [0, 0.05) is 5.02 Å². The van der Waals surface area contributed by atoms with Crippen LogP contribution in [0.4, 0.5) is 0 Å². The molecule has 0 amide bonds. The number of hydrogen-bond donors (Lipinski definition) is 0. The van der Waals surface area contributed by atoms with Crippen LogP contribution in [0.3, 0.4) is 0 Å². The lowest BCUT2D eigenvalue weighted by molar-refractivity contribution is -0.141. The molecule has 0 spiro atoms. The Morgan fingerprint density at radius 2 is 1.88 bits per heavy atom. The molecular weight excluding hydrogens is 354 g/mol. The van der Waals surface area contributed by atoms with E-state index in [9.17, 15) is 10.1 Å². The molecule has 1 aromatic heterocycles. The van der Waals surface area contributed by atoms with Crippen molar-refractivity contribution in [1.82, 2.24) is 9.97 Å². The van der Waals surface area contributed by atoms with Gasteiger partial charge in [0.25, 0.3) is 0 Å². The fourth-order valence-corrected chi connectivity index (χ4v) is 2.66. The van der Waals surface area contributed by atoms with Gasteiger partial charge in [-0.1, -0.05) is 23.7 Å². The zero-order chi connectivity index (χ0) is 18.7. The van der Waals surface area contributed by atoms with Crippen LogP contribution in [-0.2, 0) is 9.53 Å². The Kier molecular flexibility index (Phi) is 5.01. The van der Waals surface area contributed by atoms with Crippen LogP contribution in [0.1, 0.15) is 17.2 Å². The highest BCUT2D eigenvalue weighted by Gasteiger charge is 2.28. The first-order valence-electron chi connectivity index (χ1n) is 7.71. The van der Waals surface area contributed by atoms with Crippen molar-refractivity contribution < 1.29 is 14.3 Å². The highest BCUT2D eigenvalue weighted by molar-refractivity contribution is 6.30. The number of aryl methyl sites for hydroxylation is 1. The van der Waals surface area contributed by atoms with Gasteiger partial charge in [-0.2, -0.15) is 5.26 Å². The summed E-state index contributed by atoms with van der Waals surface area (Å²) in [7, 11) is 1.21. The van der Waals surface area contributed by atoms with Crippen molar-refractivity contribution in [3.8, 4) is 17.7 Å². The number of carbonyl (C=O) groups excluding carboxylic acids is 1. The number of halogens is 1. The maximum atomic E-state index is 12.0. The fourth-order valence-electron chi connectivity index (χ4n) is 2.44. The third-order valence-corrected chi connectivity index (χ3v) is 3.98. The van der Waals surface area contributed by atoms with Crippen LogP contribution in [-0.4, -0.2) is 23.0 Å². The second kappa shape index (κ2) is 7.38. The smallest absolute Gasteiger partial charge is 0.329 e. The third-order valence-electron chi connectivity index (χ3n) is 3.75. The average Bonchev–Trinajstić information content (AvgIpc) is 2.64. The van der Waals surface area contributed by atoms with Crippen LogP contribution in [0.2, 0.25) is 5.02 Å². The van der Waals surface area contributed by atoms with Gasteiger partial charge in [-0.25, -0.2) is 9.97 Å². The predicted molar refractivity (Wildman–Crippen MR) is 96.2 cm³/mol. The van der Waals surface area contributed by atoms with Crippen molar-refractivity contribution in [2.75, 3.05) is 7.11 Å². The minimum atomic E-state index is -1.25. The molecular formula is C19H14ClN3O3. The molecule has 1 atom stereocenters. The zero-order valence-electron chi connectivity index (χ0n) is 14.1. The normalized spacial score (nSPS) is 11.6. The standard InChI is InChI=1S/C19H14ClN3O3/c1-11-9-12(20)7-8-16(11)26-18-17(13(10-21)19(24)25-2)22-14-5-3-4-6-15(14)23-18/h3-9,13H,1-2H3. The molecule has 130 valence electrons. The molecule has 0 fully saturated rings. The Bertz CT molecular complexity index is 1030. The number of para-hydroxylation sites is 2. The molecule has 26 heavy (non-hydrogen) atoms. The molecule has 1 heterocycles. The Labute approximate surface area is 155 Å². The number of nitrogens with zero attached hydrogens (tertiary/aromatic N) is 3. The molecule has 0 aliphatic rings. The quantitative estimate of drug-likeness (QED) is 0.643.